The highest BCUT2D eigenvalue weighted by Crippen LogP contribution is 2.16. The van der Waals surface area contributed by atoms with Gasteiger partial charge in [0.2, 0.25) is 0 Å². The van der Waals surface area contributed by atoms with Gasteiger partial charge in [-0.15, -0.1) is 0 Å². The van der Waals surface area contributed by atoms with Crippen molar-refractivity contribution >= 4 is 5.69 Å². The number of hydrogen-bond acceptors (Lipinski definition) is 2. The molecule has 1 aliphatic rings. The smallest absolute Gasteiger partial charge is 0.278 e. The lowest BCUT2D eigenvalue weighted by atomic mass is 10.1. The fraction of sp³-hybridized carbons (Fsp3) is 0.455. The molecule has 1 saturated heterocycles. The van der Waals surface area contributed by atoms with Gasteiger partial charge in [0, 0.05) is 6.07 Å². The Morgan fingerprint density at radius 2 is 2.00 bits per heavy atom. The molecule has 0 amide bonds. The van der Waals surface area contributed by atoms with Crippen LogP contribution in [0.1, 0.15) is 5.56 Å². The van der Waals surface area contributed by atoms with Gasteiger partial charge in [-0.25, -0.2) is 0 Å². The summed E-state index contributed by atoms with van der Waals surface area (Å²) in [7, 11) is 0. The maximum atomic E-state index is 10.9. The van der Waals surface area contributed by atoms with Crippen molar-refractivity contribution in [1.82, 2.24) is 0 Å². The van der Waals surface area contributed by atoms with E-state index in [1.54, 1.807) is 12.1 Å². The fourth-order valence-corrected chi connectivity index (χ4v) is 2.17. The van der Waals surface area contributed by atoms with Crippen molar-refractivity contribution < 1.29 is 15.1 Å². The van der Waals surface area contributed by atoms with Gasteiger partial charge in [-0.2, -0.15) is 0 Å². The van der Waals surface area contributed by atoms with E-state index in [0.717, 1.165) is 38.3 Å². The van der Waals surface area contributed by atoms with E-state index < -0.39 is 0 Å². The molecule has 0 aromatic heterocycles. The fourth-order valence-electron chi connectivity index (χ4n) is 2.17. The van der Waals surface area contributed by atoms with Crippen LogP contribution in [0.25, 0.3) is 0 Å². The normalized spacial score (nSPS) is 17.2. The summed E-state index contributed by atoms with van der Waals surface area (Å²) in [6.07, 6.45) is 0. The quantitative estimate of drug-likeness (QED) is 0.487. The Morgan fingerprint density at radius 3 is 2.69 bits per heavy atom. The average Bonchev–Trinajstić information content (AvgIpc) is 2.31. The second-order valence-corrected chi connectivity index (χ2v) is 4.18. The predicted octanol–water partition coefficient (Wildman–Crippen LogP) is -1.44. The summed E-state index contributed by atoms with van der Waals surface area (Å²) in [5.74, 6) is 0. The number of hydrogen-bond donors (Lipinski definition) is 2. The van der Waals surface area contributed by atoms with Crippen LogP contribution in [0.5, 0.6) is 0 Å². The first kappa shape index (κ1) is 11.0. The third kappa shape index (κ3) is 2.56. The number of nitro benzene ring substituents is 1. The molecule has 1 heterocycles. The minimum Gasteiger partial charge on any atom is -0.337 e. The maximum Gasteiger partial charge on any atom is 0.278 e. The summed E-state index contributed by atoms with van der Waals surface area (Å²) in [5, 5.41) is 13.1. The van der Waals surface area contributed by atoms with Gasteiger partial charge in [-0.1, -0.05) is 12.1 Å². The van der Waals surface area contributed by atoms with Gasteiger partial charge in [0.05, 0.1) is 10.5 Å². The zero-order chi connectivity index (χ0) is 11.4. The average molecular weight is 223 g/mol. The first-order valence-corrected chi connectivity index (χ1v) is 5.65. The standard InChI is InChI=1S/C11H15N3O2/c15-14(16)11-4-2-1-3-10(11)9-13-7-5-12-6-8-13/h1-4,12H,5-9H2/p+2. The molecule has 0 spiro atoms. The van der Waals surface area contributed by atoms with Gasteiger partial charge < -0.3 is 10.2 Å². The van der Waals surface area contributed by atoms with Crippen LogP contribution >= 0.6 is 0 Å². The Balaban J connectivity index is 2.10. The molecular formula is C11H17N3O2+2. The Hall–Kier alpha value is -1.46. The molecule has 1 aromatic carbocycles. The molecule has 1 fully saturated rings. The number of nitrogens with two attached hydrogens (primary N) is 1. The van der Waals surface area contributed by atoms with Crippen molar-refractivity contribution in [3.05, 3.63) is 39.9 Å². The number of rotatable bonds is 3. The molecule has 5 nitrogen and oxygen atoms in total. The summed E-state index contributed by atoms with van der Waals surface area (Å²) < 4.78 is 0. The van der Waals surface area contributed by atoms with Crippen LogP contribution in [-0.4, -0.2) is 31.1 Å². The predicted molar refractivity (Wildman–Crippen MR) is 59.2 cm³/mol. The summed E-state index contributed by atoms with van der Waals surface area (Å²) >= 11 is 0. The number of nitro groups is 1. The molecule has 2 rings (SSSR count). The lowest BCUT2D eigenvalue weighted by molar-refractivity contribution is -0.958. The van der Waals surface area contributed by atoms with Crippen LogP contribution in [-0.2, 0) is 6.54 Å². The molecule has 0 atom stereocenters. The van der Waals surface area contributed by atoms with Crippen LogP contribution in [0.4, 0.5) is 5.69 Å². The molecule has 0 saturated carbocycles. The SMILES string of the molecule is O=[N+]([O-])c1ccccc1C[NH+]1CC[NH2+]CC1. The highest BCUT2D eigenvalue weighted by Gasteiger charge is 2.20. The second kappa shape index (κ2) is 5.05. The van der Waals surface area contributed by atoms with Crippen molar-refractivity contribution in [2.75, 3.05) is 26.2 Å². The molecule has 0 radical (unpaired) electrons. The molecular weight excluding hydrogens is 206 g/mol. The molecule has 3 N–H and O–H groups in total. The number of quaternary nitrogens is 2. The first-order chi connectivity index (χ1) is 7.77. The van der Waals surface area contributed by atoms with Crippen LogP contribution in [0.15, 0.2) is 24.3 Å². The van der Waals surface area contributed by atoms with Crippen LogP contribution < -0.4 is 10.2 Å². The van der Waals surface area contributed by atoms with E-state index in [0.29, 0.717) is 0 Å². The van der Waals surface area contributed by atoms with Crippen molar-refractivity contribution in [3.63, 3.8) is 0 Å². The van der Waals surface area contributed by atoms with E-state index in [1.807, 2.05) is 12.1 Å². The van der Waals surface area contributed by atoms with E-state index in [2.05, 4.69) is 5.32 Å². The van der Waals surface area contributed by atoms with Crippen molar-refractivity contribution in [3.8, 4) is 0 Å². The first-order valence-electron chi connectivity index (χ1n) is 5.65. The maximum absolute atomic E-state index is 10.9. The topological polar surface area (TPSA) is 64.2 Å². The number of nitrogens with zero attached hydrogens (tertiary/aromatic N) is 1. The summed E-state index contributed by atoms with van der Waals surface area (Å²) in [4.78, 5) is 12.0. The molecule has 1 aliphatic heterocycles. The Morgan fingerprint density at radius 1 is 1.31 bits per heavy atom. The Bertz CT molecular complexity index is 375. The Labute approximate surface area is 94.2 Å². The number of nitrogens with one attached hydrogen (secondary N) is 1. The van der Waals surface area contributed by atoms with Crippen LogP contribution in [0, 0.1) is 10.1 Å². The zero-order valence-corrected chi connectivity index (χ0v) is 9.19. The van der Waals surface area contributed by atoms with Crippen LogP contribution in [0.2, 0.25) is 0 Å². The summed E-state index contributed by atoms with van der Waals surface area (Å²) in [5.41, 5.74) is 1.11. The summed E-state index contributed by atoms with van der Waals surface area (Å²) in [6.45, 7) is 5.19. The molecule has 86 valence electrons. The van der Waals surface area contributed by atoms with Gasteiger partial charge in [0.1, 0.15) is 32.7 Å². The minimum atomic E-state index is -0.287. The van der Waals surface area contributed by atoms with Gasteiger partial charge >= 0.3 is 0 Å². The van der Waals surface area contributed by atoms with Crippen molar-refractivity contribution in [1.29, 1.82) is 0 Å². The lowest BCUT2D eigenvalue weighted by Gasteiger charge is -2.21. The highest BCUT2D eigenvalue weighted by molar-refractivity contribution is 5.38. The van der Waals surface area contributed by atoms with E-state index in [4.69, 9.17) is 0 Å². The third-order valence-electron chi connectivity index (χ3n) is 3.03. The van der Waals surface area contributed by atoms with Gasteiger partial charge in [0.15, 0.2) is 0 Å². The van der Waals surface area contributed by atoms with Crippen molar-refractivity contribution in [2.45, 2.75) is 6.54 Å². The number of benzene rings is 1. The molecule has 0 unspecified atom stereocenters. The highest BCUT2D eigenvalue weighted by atomic mass is 16.6. The Kier molecular flexibility index (Phi) is 3.48. The molecule has 0 bridgehead atoms. The van der Waals surface area contributed by atoms with Gasteiger partial charge in [-0.3, -0.25) is 10.1 Å². The van der Waals surface area contributed by atoms with E-state index in [-0.39, 0.29) is 10.6 Å². The lowest BCUT2D eigenvalue weighted by Crippen LogP contribution is -3.19. The van der Waals surface area contributed by atoms with E-state index >= 15 is 0 Å². The minimum absolute atomic E-state index is 0.254. The molecule has 0 aliphatic carbocycles. The number of para-hydroxylation sites is 1. The molecule has 1 aromatic rings. The summed E-state index contributed by atoms with van der Waals surface area (Å²) in [6, 6.07) is 7.05. The van der Waals surface area contributed by atoms with Gasteiger partial charge in [0.25, 0.3) is 5.69 Å². The van der Waals surface area contributed by atoms with Crippen LogP contribution in [0.3, 0.4) is 0 Å². The van der Waals surface area contributed by atoms with Crippen molar-refractivity contribution in [2.24, 2.45) is 0 Å². The van der Waals surface area contributed by atoms with E-state index in [9.17, 15) is 10.1 Å². The number of piperazine rings is 1. The monoisotopic (exact) mass is 223 g/mol. The zero-order valence-electron chi connectivity index (χ0n) is 9.19. The second-order valence-electron chi connectivity index (χ2n) is 4.18. The van der Waals surface area contributed by atoms with Gasteiger partial charge in [-0.05, 0) is 6.07 Å². The molecule has 5 heteroatoms. The molecule has 16 heavy (non-hydrogen) atoms. The third-order valence-corrected chi connectivity index (χ3v) is 3.03. The largest absolute Gasteiger partial charge is 0.337 e. The van der Waals surface area contributed by atoms with E-state index in [1.165, 1.54) is 4.90 Å².